The zero-order valence-corrected chi connectivity index (χ0v) is 14.0. The zero-order valence-electron chi connectivity index (χ0n) is 12.4. The van der Waals surface area contributed by atoms with Gasteiger partial charge in [0.15, 0.2) is 0 Å². The smallest absolute Gasteiger partial charge is 0.148 e. The van der Waals surface area contributed by atoms with Crippen LogP contribution < -0.4 is 11.1 Å². The van der Waals surface area contributed by atoms with Crippen LogP contribution >= 0.6 is 22.9 Å². The van der Waals surface area contributed by atoms with Crippen molar-refractivity contribution in [1.29, 1.82) is 0 Å². The van der Waals surface area contributed by atoms with E-state index in [0.717, 1.165) is 33.7 Å². The van der Waals surface area contributed by atoms with Crippen LogP contribution in [-0.2, 0) is 0 Å². The first-order chi connectivity index (χ1) is 10.2. The molecule has 1 aliphatic carbocycles. The van der Waals surface area contributed by atoms with Crippen molar-refractivity contribution in [2.45, 2.75) is 45.4 Å². The number of rotatable bonds is 6. The molecule has 0 radical (unpaired) electrons. The van der Waals surface area contributed by atoms with Gasteiger partial charge < -0.3 is 11.1 Å². The van der Waals surface area contributed by atoms with Crippen LogP contribution in [0.5, 0.6) is 0 Å². The standard InChI is InChI=1S/C15H22N4S2/c1-10-18-12(9-20-10)13-14(16)19-21-15(13)17-8-4-7-11-5-2-3-6-11/h9,11,17H,2-8H2,1H3,(H2,16,19). The fourth-order valence-corrected chi connectivity index (χ4v) is 4.39. The van der Waals surface area contributed by atoms with Crippen molar-refractivity contribution in [2.24, 2.45) is 5.92 Å². The predicted octanol–water partition coefficient (Wildman–Crippen LogP) is 4.54. The summed E-state index contributed by atoms with van der Waals surface area (Å²) < 4.78 is 4.28. The maximum absolute atomic E-state index is 6.01. The average Bonchev–Trinajstić information content (AvgIpc) is 3.17. The fraction of sp³-hybridized carbons (Fsp3) is 0.600. The minimum absolute atomic E-state index is 0.587. The molecule has 6 heteroatoms. The van der Waals surface area contributed by atoms with Gasteiger partial charge in [0.25, 0.3) is 0 Å². The molecule has 2 aromatic rings. The molecule has 4 nitrogen and oxygen atoms in total. The summed E-state index contributed by atoms with van der Waals surface area (Å²) in [6, 6.07) is 0. The second-order valence-corrected chi connectivity index (χ2v) is 7.58. The van der Waals surface area contributed by atoms with Crippen LogP contribution in [0.15, 0.2) is 5.38 Å². The molecule has 1 aliphatic rings. The maximum Gasteiger partial charge on any atom is 0.148 e. The first-order valence-corrected chi connectivity index (χ1v) is 9.31. The first kappa shape index (κ1) is 14.8. The van der Waals surface area contributed by atoms with E-state index in [0.29, 0.717) is 5.82 Å². The van der Waals surface area contributed by atoms with Gasteiger partial charge in [-0.25, -0.2) is 4.98 Å². The van der Waals surface area contributed by atoms with E-state index in [1.54, 1.807) is 11.3 Å². The minimum Gasteiger partial charge on any atom is -0.382 e. The Hall–Kier alpha value is -1.14. The summed E-state index contributed by atoms with van der Waals surface area (Å²) in [4.78, 5) is 4.53. The van der Waals surface area contributed by atoms with E-state index in [9.17, 15) is 0 Å². The van der Waals surface area contributed by atoms with E-state index in [-0.39, 0.29) is 0 Å². The number of thiazole rings is 1. The largest absolute Gasteiger partial charge is 0.382 e. The highest BCUT2D eigenvalue weighted by Gasteiger charge is 2.17. The monoisotopic (exact) mass is 322 g/mol. The molecule has 0 atom stereocenters. The SMILES string of the molecule is Cc1nc(-c2c(N)nsc2NCCCC2CCCC2)cs1. The van der Waals surface area contributed by atoms with Gasteiger partial charge in [0.1, 0.15) is 10.8 Å². The number of aromatic nitrogens is 2. The number of nitrogens with two attached hydrogens (primary N) is 1. The van der Waals surface area contributed by atoms with E-state index in [1.165, 1.54) is 50.1 Å². The molecule has 0 saturated heterocycles. The normalized spacial score (nSPS) is 15.7. The summed E-state index contributed by atoms with van der Waals surface area (Å²) in [6.07, 6.45) is 8.27. The van der Waals surface area contributed by atoms with E-state index >= 15 is 0 Å². The first-order valence-electron chi connectivity index (χ1n) is 7.65. The molecule has 21 heavy (non-hydrogen) atoms. The molecule has 0 aromatic carbocycles. The van der Waals surface area contributed by atoms with Crippen molar-refractivity contribution in [3.05, 3.63) is 10.4 Å². The highest BCUT2D eigenvalue weighted by atomic mass is 32.1. The Kier molecular flexibility index (Phi) is 4.75. The van der Waals surface area contributed by atoms with Gasteiger partial charge in [-0.1, -0.05) is 25.7 Å². The summed E-state index contributed by atoms with van der Waals surface area (Å²) in [6.45, 7) is 3.01. The van der Waals surface area contributed by atoms with Gasteiger partial charge in [-0.15, -0.1) is 11.3 Å². The van der Waals surface area contributed by atoms with Gasteiger partial charge in [0, 0.05) is 11.9 Å². The Morgan fingerprint density at radius 1 is 1.38 bits per heavy atom. The van der Waals surface area contributed by atoms with Crippen molar-refractivity contribution >= 4 is 33.7 Å². The molecule has 0 amide bonds. The molecule has 0 spiro atoms. The summed E-state index contributed by atoms with van der Waals surface area (Å²) in [5.41, 5.74) is 7.93. The predicted molar refractivity (Wildman–Crippen MR) is 92.1 cm³/mol. The van der Waals surface area contributed by atoms with Crippen LogP contribution in [-0.4, -0.2) is 15.9 Å². The van der Waals surface area contributed by atoms with Crippen molar-refractivity contribution in [3.63, 3.8) is 0 Å². The second-order valence-electron chi connectivity index (χ2n) is 5.74. The van der Waals surface area contributed by atoms with E-state index < -0.39 is 0 Å². The third-order valence-corrected chi connectivity index (χ3v) is 5.74. The Morgan fingerprint density at radius 3 is 2.90 bits per heavy atom. The van der Waals surface area contributed by atoms with Crippen molar-refractivity contribution in [3.8, 4) is 11.3 Å². The highest BCUT2D eigenvalue weighted by molar-refractivity contribution is 7.11. The van der Waals surface area contributed by atoms with Gasteiger partial charge in [0.2, 0.25) is 0 Å². The number of anilines is 2. The van der Waals surface area contributed by atoms with Gasteiger partial charge in [-0.3, -0.25) is 0 Å². The molecule has 0 aliphatic heterocycles. The third kappa shape index (κ3) is 3.55. The fourth-order valence-electron chi connectivity index (χ4n) is 3.04. The molecule has 0 unspecified atom stereocenters. The van der Waals surface area contributed by atoms with Crippen molar-refractivity contribution in [2.75, 3.05) is 17.6 Å². The second kappa shape index (κ2) is 6.75. The summed E-state index contributed by atoms with van der Waals surface area (Å²) >= 11 is 3.09. The van der Waals surface area contributed by atoms with E-state index in [1.807, 2.05) is 6.92 Å². The molecule has 3 rings (SSSR count). The van der Waals surface area contributed by atoms with Gasteiger partial charge in [0.05, 0.1) is 16.3 Å². The molecule has 2 aromatic heterocycles. The number of hydrogen-bond acceptors (Lipinski definition) is 6. The zero-order chi connectivity index (χ0) is 14.7. The molecular formula is C15H22N4S2. The van der Waals surface area contributed by atoms with Crippen LogP contribution in [0.3, 0.4) is 0 Å². The molecule has 0 bridgehead atoms. The number of nitrogens with one attached hydrogen (secondary N) is 1. The summed E-state index contributed by atoms with van der Waals surface area (Å²) in [5, 5.41) is 7.68. The number of hydrogen-bond donors (Lipinski definition) is 2. The average molecular weight is 323 g/mol. The minimum atomic E-state index is 0.587. The van der Waals surface area contributed by atoms with E-state index in [4.69, 9.17) is 5.73 Å². The molecule has 1 saturated carbocycles. The van der Waals surface area contributed by atoms with Gasteiger partial charge in [-0.2, -0.15) is 4.37 Å². The lowest BCUT2D eigenvalue weighted by molar-refractivity contribution is 0.491. The Bertz CT molecular complexity index is 584. The number of nitrogens with zero attached hydrogens (tertiary/aromatic N) is 2. The highest BCUT2D eigenvalue weighted by Crippen LogP contribution is 2.37. The van der Waals surface area contributed by atoms with Crippen LogP contribution in [0, 0.1) is 12.8 Å². The van der Waals surface area contributed by atoms with Crippen LogP contribution in [0.25, 0.3) is 11.3 Å². The maximum atomic E-state index is 6.01. The molecule has 3 N–H and O–H groups in total. The van der Waals surface area contributed by atoms with Gasteiger partial charge >= 0.3 is 0 Å². The lowest BCUT2D eigenvalue weighted by Crippen LogP contribution is -2.04. The van der Waals surface area contributed by atoms with Crippen LogP contribution in [0.4, 0.5) is 10.8 Å². The van der Waals surface area contributed by atoms with Gasteiger partial charge in [-0.05, 0) is 37.2 Å². The van der Waals surface area contributed by atoms with Crippen molar-refractivity contribution < 1.29 is 0 Å². The molecule has 114 valence electrons. The molecule has 2 heterocycles. The van der Waals surface area contributed by atoms with Crippen LogP contribution in [0.1, 0.15) is 43.5 Å². The van der Waals surface area contributed by atoms with Crippen molar-refractivity contribution in [1.82, 2.24) is 9.36 Å². The summed E-state index contributed by atoms with van der Waals surface area (Å²) in [5.74, 6) is 1.54. The Balaban J connectivity index is 1.58. The quantitative estimate of drug-likeness (QED) is 0.766. The molecular weight excluding hydrogens is 300 g/mol. The lowest BCUT2D eigenvalue weighted by Gasteiger charge is -2.09. The Labute approximate surface area is 134 Å². The van der Waals surface area contributed by atoms with Crippen LogP contribution in [0.2, 0.25) is 0 Å². The Morgan fingerprint density at radius 2 is 2.19 bits per heavy atom. The summed E-state index contributed by atoms with van der Waals surface area (Å²) in [7, 11) is 0. The molecule has 1 fully saturated rings. The number of nitrogen functional groups attached to an aromatic ring is 1. The van der Waals surface area contributed by atoms with E-state index in [2.05, 4.69) is 20.1 Å². The third-order valence-electron chi connectivity index (χ3n) is 4.14. The number of aryl methyl sites for hydroxylation is 1. The topological polar surface area (TPSA) is 63.8 Å². The lowest BCUT2D eigenvalue weighted by atomic mass is 10.0.